The lowest BCUT2D eigenvalue weighted by atomic mass is 9.95. The monoisotopic (exact) mass is 483 g/mol. The molecule has 0 radical (unpaired) electrons. The Morgan fingerprint density at radius 3 is 2.38 bits per heavy atom. The average Bonchev–Trinajstić information content (AvgIpc) is 2.75. The Balaban J connectivity index is 1.81. The van der Waals surface area contributed by atoms with E-state index in [1.54, 1.807) is 13.0 Å². The van der Waals surface area contributed by atoms with Crippen molar-refractivity contribution in [3.8, 4) is 11.1 Å². The van der Waals surface area contributed by atoms with E-state index in [1.807, 2.05) is 44.2 Å². The Labute approximate surface area is 199 Å². The van der Waals surface area contributed by atoms with E-state index in [0.717, 1.165) is 34.2 Å². The Morgan fingerprint density at radius 2 is 1.68 bits per heavy atom. The highest BCUT2D eigenvalue weighted by molar-refractivity contribution is 6.34. The molecule has 34 heavy (non-hydrogen) atoms. The van der Waals surface area contributed by atoms with Crippen molar-refractivity contribution in [2.75, 3.05) is 10.6 Å². The van der Waals surface area contributed by atoms with Crippen molar-refractivity contribution in [2.24, 2.45) is 0 Å². The van der Waals surface area contributed by atoms with E-state index in [-0.39, 0.29) is 5.69 Å². The molecule has 4 aromatic rings. The number of carbonyl (C=O) groups is 1. The minimum absolute atomic E-state index is 0.0182. The molecule has 0 atom stereocenters. The lowest BCUT2D eigenvalue weighted by Crippen LogP contribution is -2.21. The van der Waals surface area contributed by atoms with Gasteiger partial charge in [-0.1, -0.05) is 47.5 Å². The van der Waals surface area contributed by atoms with Gasteiger partial charge in [-0.2, -0.15) is 13.2 Å². The number of urea groups is 1. The van der Waals surface area contributed by atoms with Crippen LogP contribution in [-0.4, -0.2) is 11.0 Å². The molecule has 4 nitrogen and oxygen atoms in total. The number of aryl methyl sites for hydroxylation is 3. The number of alkyl halides is 3. The van der Waals surface area contributed by atoms with Crippen LogP contribution in [0.2, 0.25) is 5.02 Å². The number of rotatable bonds is 3. The predicted octanol–water partition coefficient (Wildman–Crippen LogP) is 8.14. The lowest BCUT2D eigenvalue weighted by Gasteiger charge is -2.19. The fraction of sp³-hybridized carbons (Fsp3) is 0.154. The van der Waals surface area contributed by atoms with Crippen LogP contribution in [0.3, 0.4) is 0 Å². The Bertz CT molecular complexity index is 1420. The van der Waals surface area contributed by atoms with E-state index < -0.39 is 17.8 Å². The summed E-state index contributed by atoms with van der Waals surface area (Å²) in [5.74, 6) is 0. The summed E-state index contributed by atoms with van der Waals surface area (Å²) in [7, 11) is 0. The van der Waals surface area contributed by atoms with Crippen LogP contribution in [-0.2, 0) is 6.18 Å². The van der Waals surface area contributed by atoms with Crippen LogP contribution in [0, 0.1) is 20.8 Å². The number of halogens is 4. The van der Waals surface area contributed by atoms with Crippen molar-refractivity contribution < 1.29 is 18.0 Å². The molecule has 0 aliphatic heterocycles. The number of anilines is 2. The van der Waals surface area contributed by atoms with E-state index >= 15 is 0 Å². The molecule has 0 saturated heterocycles. The normalized spacial score (nSPS) is 11.5. The van der Waals surface area contributed by atoms with E-state index in [2.05, 4.69) is 10.6 Å². The zero-order valence-corrected chi connectivity index (χ0v) is 19.4. The Morgan fingerprint density at radius 1 is 0.941 bits per heavy atom. The van der Waals surface area contributed by atoms with Crippen LogP contribution in [0.1, 0.15) is 22.4 Å². The van der Waals surface area contributed by atoms with Gasteiger partial charge in [0.1, 0.15) is 0 Å². The summed E-state index contributed by atoms with van der Waals surface area (Å²) in [5, 5.41) is 6.58. The number of aromatic nitrogens is 1. The average molecular weight is 484 g/mol. The van der Waals surface area contributed by atoms with Crippen LogP contribution in [0.4, 0.5) is 29.3 Å². The van der Waals surface area contributed by atoms with Gasteiger partial charge in [-0.25, -0.2) is 4.79 Å². The maximum atomic E-state index is 13.0. The summed E-state index contributed by atoms with van der Waals surface area (Å²) >= 11 is 6.53. The number of benzene rings is 3. The maximum Gasteiger partial charge on any atom is 0.416 e. The zero-order chi connectivity index (χ0) is 24.6. The third-order valence-corrected chi connectivity index (χ3v) is 5.76. The fourth-order valence-electron chi connectivity index (χ4n) is 3.98. The number of carbonyl (C=O) groups excluding carboxylic acids is 1. The fourth-order valence-corrected chi connectivity index (χ4v) is 4.21. The molecule has 3 aromatic carbocycles. The van der Waals surface area contributed by atoms with Gasteiger partial charge >= 0.3 is 12.2 Å². The van der Waals surface area contributed by atoms with E-state index in [1.165, 1.54) is 12.1 Å². The second kappa shape index (κ2) is 8.99. The number of nitrogens with one attached hydrogen (secondary N) is 2. The molecule has 0 spiro atoms. The van der Waals surface area contributed by atoms with Gasteiger partial charge in [0.15, 0.2) is 0 Å². The summed E-state index contributed by atoms with van der Waals surface area (Å²) in [6.07, 6.45) is -4.51. The number of pyridine rings is 1. The van der Waals surface area contributed by atoms with E-state index in [4.69, 9.17) is 16.6 Å². The van der Waals surface area contributed by atoms with Crippen molar-refractivity contribution in [1.82, 2.24) is 4.98 Å². The van der Waals surface area contributed by atoms with Crippen molar-refractivity contribution >= 4 is 39.9 Å². The smallest absolute Gasteiger partial charge is 0.308 e. The third-order valence-electron chi connectivity index (χ3n) is 5.43. The van der Waals surface area contributed by atoms with Crippen molar-refractivity contribution in [2.45, 2.75) is 26.9 Å². The van der Waals surface area contributed by atoms with E-state index in [9.17, 15) is 18.0 Å². The van der Waals surface area contributed by atoms with Gasteiger partial charge in [0.25, 0.3) is 0 Å². The summed E-state index contributed by atoms with van der Waals surface area (Å²) in [4.78, 5) is 17.6. The molecule has 0 aliphatic carbocycles. The summed E-state index contributed by atoms with van der Waals surface area (Å²) in [6, 6.07) is 15.0. The zero-order valence-electron chi connectivity index (χ0n) is 18.6. The standard InChI is InChI=1S/C26H21ClF3N3O/c1-14-11-15(2)23-20(12-14)22(19-9-4-5-10-21(19)27)24(16(3)31-23)33-25(34)32-18-8-6-7-17(13-18)26(28,29)30/h4-13H,1-3H3,(H2,32,33,34). The van der Waals surface area contributed by atoms with Crippen molar-refractivity contribution in [1.29, 1.82) is 0 Å². The highest BCUT2D eigenvalue weighted by Gasteiger charge is 2.30. The largest absolute Gasteiger partial charge is 0.416 e. The quantitative estimate of drug-likeness (QED) is 0.309. The minimum Gasteiger partial charge on any atom is -0.308 e. The number of amides is 2. The lowest BCUT2D eigenvalue weighted by molar-refractivity contribution is -0.137. The van der Waals surface area contributed by atoms with Crippen LogP contribution in [0.5, 0.6) is 0 Å². The van der Waals surface area contributed by atoms with Crippen LogP contribution in [0.15, 0.2) is 60.7 Å². The molecule has 8 heteroatoms. The molecule has 0 bridgehead atoms. The van der Waals surface area contributed by atoms with Gasteiger partial charge in [0.2, 0.25) is 0 Å². The van der Waals surface area contributed by atoms with Crippen LogP contribution >= 0.6 is 11.6 Å². The van der Waals surface area contributed by atoms with Gasteiger partial charge in [-0.15, -0.1) is 0 Å². The molecule has 2 amide bonds. The highest BCUT2D eigenvalue weighted by Crippen LogP contribution is 2.41. The van der Waals surface area contributed by atoms with Gasteiger partial charge in [-0.05, 0) is 56.7 Å². The first-order valence-electron chi connectivity index (χ1n) is 10.5. The van der Waals surface area contributed by atoms with Gasteiger partial charge in [0.05, 0.1) is 22.5 Å². The SMILES string of the molecule is Cc1cc(C)c2nc(C)c(NC(=O)Nc3cccc(C(F)(F)F)c3)c(-c3ccccc3Cl)c2c1. The van der Waals surface area contributed by atoms with E-state index in [0.29, 0.717) is 27.5 Å². The Hall–Kier alpha value is -3.58. The number of nitrogens with zero attached hydrogens (tertiary/aromatic N) is 1. The topological polar surface area (TPSA) is 54.0 Å². The molecule has 1 heterocycles. The second-order valence-corrected chi connectivity index (χ2v) is 8.47. The number of hydrogen-bond donors (Lipinski definition) is 2. The minimum atomic E-state index is -4.51. The van der Waals surface area contributed by atoms with Crippen molar-refractivity contribution in [3.63, 3.8) is 0 Å². The third kappa shape index (κ3) is 4.70. The summed E-state index contributed by atoms with van der Waals surface area (Å²) in [6.45, 7) is 5.70. The Kier molecular flexibility index (Phi) is 6.23. The molecular formula is C26H21ClF3N3O. The summed E-state index contributed by atoms with van der Waals surface area (Å²) in [5.41, 5.74) is 4.32. The predicted molar refractivity (Wildman–Crippen MR) is 130 cm³/mol. The van der Waals surface area contributed by atoms with Crippen molar-refractivity contribution in [3.05, 3.63) is 88.1 Å². The van der Waals surface area contributed by atoms with Gasteiger partial charge < -0.3 is 10.6 Å². The summed E-state index contributed by atoms with van der Waals surface area (Å²) < 4.78 is 39.1. The second-order valence-electron chi connectivity index (χ2n) is 8.06. The molecule has 0 unspecified atom stereocenters. The van der Waals surface area contributed by atoms with Crippen LogP contribution < -0.4 is 10.6 Å². The highest BCUT2D eigenvalue weighted by atomic mass is 35.5. The molecule has 1 aromatic heterocycles. The first-order chi connectivity index (χ1) is 16.0. The van der Waals surface area contributed by atoms with Gasteiger partial charge in [0, 0.05) is 27.2 Å². The molecular weight excluding hydrogens is 463 g/mol. The first-order valence-corrected chi connectivity index (χ1v) is 10.8. The first kappa shape index (κ1) is 23.6. The molecule has 2 N–H and O–H groups in total. The molecule has 4 rings (SSSR count). The van der Waals surface area contributed by atoms with Gasteiger partial charge in [-0.3, -0.25) is 4.98 Å². The van der Waals surface area contributed by atoms with Crippen LogP contribution in [0.25, 0.3) is 22.0 Å². The molecule has 0 aliphatic rings. The maximum absolute atomic E-state index is 13.0. The number of fused-ring (bicyclic) bond motifs is 1. The molecule has 0 saturated carbocycles. The number of hydrogen-bond acceptors (Lipinski definition) is 2. The molecule has 174 valence electrons. The molecule has 0 fully saturated rings.